The Bertz CT molecular complexity index is 937. The van der Waals surface area contributed by atoms with Crippen LogP contribution in [0.25, 0.3) is 0 Å². The Kier molecular flexibility index (Phi) is 6.25. The van der Waals surface area contributed by atoms with Crippen LogP contribution in [0.15, 0.2) is 53.7 Å². The zero-order valence-corrected chi connectivity index (χ0v) is 14.9. The maximum atomic E-state index is 14.1. The summed E-state index contributed by atoms with van der Waals surface area (Å²) in [5.41, 5.74) is 1.29. The van der Waals surface area contributed by atoms with Crippen LogP contribution in [-0.2, 0) is 13.1 Å². The van der Waals surface area contributed by atoms with Crippen LogP contribution in [0.1, 0.15) is 11.1 Å². The molecule has 0 aliphatic carbocycles. The van der Waals surface area contributed by atoms with Crippen molar-refractivity contribution in [3.05, 3.63) is 94.8 Å². The molecule has 0 saturated heterocycles. The lowest BCUT2D eigenvalue weighted by Crippen LogP contribution is -2.17. The van der Waals surface area contributed by atoms with Crippen molar-refractivity contribution < 1.29 is 26.3 Å². The van der Waals surface area contributed by atoms with Crippen molar-refractivity contribution >= 4 is 11.9 Å². The Morgan fingerprint density at radius 3 is 1.64 bits per heavy atom. The topological polar surface area (TPSA) is 16.1 Å². The zero-order chi connectivity index (χ0) is 20.3. The van der Waals surface area contributed by atoms with Gasteiger partial charge in [-0.05, 0) is 47.3 Å². The Hall–Kier alpha value is -2.52. The molecule has 0 unspecified atom stereocenters. The van der Waals surface area contributed by atoms with Crippen LogP contribution in [-0.4, -0.2) is 9.29 Å². The Labute approximate surface area is 161 Å². The SMILES string of the molecule is Fc1ccc(CN(Cc2ccncc2)Sc2c(F)c(F)c(F)c(F)c2F)cc1. The van der Waals surface area contributed by atoms with Crippen molar-refractivity contribution in [3.63, 3.8) is 0 Å². The predicted molar refractivity (Wildman–Crippen MR) is 92.0 cm³/mol. The van der Waals surface area contributed by atoms with Gasteiger partial charge < -0.3 is 0 Å². The average molecular weight is 414 g/mol. The normalized spacial score (nSPS) is 11.2. The van der Waals surface area contributed by atoms with E-state index in [0.717, 1.165) is 0 Å². The molecule has 146 valence electrons. The first-order chi connectivity index (χ1) is 13.4. The van der Waals surface area contributed by atoms with Crippen LogP contribution in [0.2, 0.25) is 0 Å². The molecule has 0 aliphatic rings. The minimum Gasteiger partial charge on any atom is -0.265 e. The number of benzene rings is 2. The van der Waals surface area contributed by atoms with Crippen LogP contribution >= 0.6 is 11.9 Å². The maximum absolute atomic E-state index is 14.1. The van der Waals surface area contributed by atoms with Gasteiger partial charge in [-0.15, -0.1) is 0 Å². The number of halogens is 6. The Morgan fingerprint density at radius 1 is 0.643 bits per heavy atom. The van der Waals surface area contributed by atoms with E-state index in [-0.39, 0.29) is 13.1 Å². The summed E-state index contributed by atoms with van der Waals surface area (Å²) in [5, 5.41) is 0. The lowest BCUT2D eigenvalue weighted by molar-refractivity contribution is 0.358. The van der Waals surface area contributed by atoms with E-state index in [1.165, 1.54) is 41.0 Å². The first-order valence-corrected chi connectivity index (χ1v) is 8.72. The van der Waals surface area contributed by atoms with Gasteiger partial charge >= 0.3 is 0 Å². The van der Waals surface area contributed by atoms with Crippen molar-refractivity contribution in [2.45, 2.75) is 18.0 Å². The molecular formula is C19H12F6N2S. The second-order valence-corrected chi connectivity index (χ2v) is 6.88. The number of nitrogens with zero attached hydrogens (tertiary/aromatic N) is 2. The van der Waals surface area contributed by atoms with Crippen LogP contribution < -0.4 is 0 Å². The van der Waals surface area contributed by atoms with Gasteiger partial charge in [-0.25, -0.2) is 30.6 Å². The van der Waals surface area contributed by atoms with E-state index < -0.39 is 39.8 Å². The predicted octanol–water partition coefficient (Wildman–Crippen LogP) is 5.63. The molecule has 2 nitrogen and oxygen atoms in total. The monoisotopic (exact) mass is 414 g/mol. The highest BCUT2D eigenvalue weighted by Crippen LogP contribution is 2.34. The van der Waals surface area contributed by atoms with Gasteiger partial charge in [-0.1, -0.05) is 12.1 Å². The molecule has 0 radical (unpaired) electrons. The van der Waals surface area contributed by atoms with E-state index in [4.69, 9.17) is 0 Å². The molecule has 0 saturated carbocycles. The van der Waals surface area contributed by atoms with Crippen LogP contribution in [0.4, 0.5) is 26.3 Å². The van der Waals surface area contributed by atoms with E-state index in [2.05, 4.69) is 4.98 Å². The van der Waals surface area contributed by atoms with E-state index in [1.807, 2.05) is 0 Å². The highest BCUT2D eigenvalue weighted by atomic mass is 32.2. The molecule has 0 spiro atoms. The number of aromatic nitrogens is 1. The lowest BCUT2D eigenvalue weighted by Gasteiger charge is -2.22. The molecule has 1 aromatic heterocycles. The fourth-order valence-electron chi connectivity index (χ4n) is 2.40. The van der Waals surface area contributed by atoms with E-state index in [0.29, 0.717) is 23.1 Å². The summed E-state index contributed by atoms with van der Waals surface area (Å²) < 4.78 is 82.9. The molecular weight excluding hydrogens is 402 g/mol. The van der Waals surface area contributed by atoms with Gasteiger partial charge in [0.1, 0.15) is 10.7 Å². The smallest absolute Gasteiger partial charge is 0.200 e. The average Bonchev–Trinajstić information content (AvgIpc) is 2.70. The summed E-state index contributed by atoms with van der Waals surface area (Å²) in [6.45, 7) is 0.177. The Morgan fingerprint density at radius 2 is 1.11 bits per heavy atom. The molecule has 0 aliphatic heterocycles. The fraction of sp³-hybridized carbons (Fsp3) is 0.105. The molecule has 3 aromatic rings. The zero-order valence-electron chi connectivity index (χ0n) is 14.1. The third-order valence-electron chi connectivity index (χ3n) is 3.77. The molecule has 0 fully saturated rings. The van der Waals surface area contributed by atoms with Crippen LogP contribution in [0, 0.1) is 34.9 Å². The number of hydrogen-bond donors (Lipinski definition) is 0. The summed E-state index contributed by atoms with van der Waals surface area (Å²) >= 11 is 0.395. The van der Waals surface area contributed by atoms with Crippen molar-refractivity contribution in [1.29, 1.82) is 0 Å². The lowest BCUT2D eigenvalue weighted by atomic mass is 10.2. The van der Waals surface area contributed by atoms with E-state index >= 15 is 0 Å². The van der Waals surface area contributed by atoms with Crippen LogP contribution in [0.3, 0.4) is 0 Å². The molecule has 0 bridgehead atoms. The largest absolute Gasteiger partial charge is 0.265 e. The third-order valence-corrected chi connectivity index (χ3v) is 4.83. The quantitative estimate of drug-likeness (QED) is 0.225. The highest BCUT2D eigenvalue weighted by molar-refractivity contribution is 7.97. The highest BCUT2D eigenvalue weighted by Gasteiger charge is 2.27. The molecule has 0 N–H and O–H groups in total. The van der Waals surface area contributed by atoms with Gasteiger partial charge in [0.25, 0.3) is 0 Å². The van der Waals surface area contributed by atoms with Crippen molar-refractivity contribution in [2.24, 2.45) is 0 Å². The third kappa shape index (κ3) is 4.48. The van der Waals surface area contributed by atoms with Crippen molar-refractivity contribution in [3.8, 4) is 0 Å². The summed E-state index contributed by atoms with van der Waals surface area (Å²) in [7, 11) is 0. The van der Waals surface area contributed by atoms with E-state index in [1.54, 1.807) is 12.1 Å². The maximum Gasteiger partial charge on any atom is 0.200 e. The van der Waals surface area contributed by atoms with Gasteiger partial charge in [0.2, 0.25) is 5.82 Å². The standard InChI is InChI=1S/C19H12F6N2S/c20-13-3-1-11(2-4-13)9-27(10-12-5-7-26-8-6-12)28-19-17(24)15(22)14(21)16(23)18(19)25/h1-8H,9-10H2. The van der Waals surface area contributed by atoms with Crippen LogP contribution in [0.5, 0.6) is 0 Å². The molecule has 28 heavy (non-hydrogen) atoms. The first kappa shape index (κ1) is 20.2. The van der Waals surface area contributed by atoms with Gasteiger partial charge in [-0.2, -0.15) is 0 Å². The first-order valence-electron chi connectivity index (χ1n) is 7.94. The molecule has 1 heterocycles. The second-order valence-electron chi connectivity index (χ2n) is 5.77. The molecule has 3 rings (SSSR count). The summed E-state index contributed by atoms with van der Waals surface area (Å²) in [5.74, 6) is -10.5. The molecule has 0 amide bonds. The van der Waals surface area contributed by atoms with Gasteiger partial charge in [0, 0.05) is 25.5 Å². The fourth-order valence-corrected chi connectivity index (χ4v) is 3.42. The number of pyridine rings is 1. The van der Waals surface area contributed by atoms with Gasteiger partial charge in [0.05, 0.1) is 0 Å². The molecule has 0 atom stereocenters. The van der Waals surface area contributed by atoms with Crippen molar-refractivity contribution in [1.82, 2.24) is 9.29 Å². The van der Waals surface area contributed by atoms with Crippen molar-refractivity contribution in [2.75, 3.05) is 0 Å². The van der Waals surface area contributed by atoms with E-state index in [9.17, 15) is 26.3 Å². The summed E-state index contributed by atoms with van der Waals surface area (Å²) in [6, 6.07) is 8.65. The Balaban J connectivity index is 1.94. The molecule has 9 heteroatoms. The summed E-state index contributed by atoms with van der Waals surface area (Å²) in [4.78, 5) is 2.86. The second kappa shape index (κ2) is 8.66. The van der Waals surface area contributed by atoms with Gasteiger partial charge in [0.15, 0.2) is 23.3 Å². The minimum atomic E-state index is -2.21. The van der Waals surface area contributed by atoms with Gasteiger partial charge in [-0.3, -0.25) is 4.98 Å². The number of hydrogen-bond acceptors (Lipinski definition) is 3. The summed E-state index contributed by atoms with van der Waals surface area (Å²) in [6.07, 6.45) is 3.02. The molecule has 2 aromatic carbocycles. The minimum absolute atomic E-state index is 0.0623. The number of rotatable bonds is 6.